The fourth-order valence-electron chi connectivity index (χ4n) is 3.57. The first-order valence-electron chi connectivity index (χ1n) is 8.41. The molecular weight excluding hydrogens is 503 g/mol. The Labute approximate surface area is 174 Å². The number of rotatable bonds is 4. The van der Waals surface area contributed by atoms with Gasteiger partial charge in [0.1, 0.15) is 0 Å². The number of halogens is 2. The van der Waals surface area contributed by atoms with Crippen LogP contribution in [0.15, 0.2) is 0 Å². The minimum Gasteiger partial charge on any atom is -1.00 e. The Morgan fingerprint density at radius 1 is 0.696 bits per heavy atom. The van der Waals surface area contributed by atoms with Gasteiger partial charge in [-0.05, 0) is 0 Å². The van der Waals surface area contributed by atoms with Gasteiger partial charge in [-0.1, -0.05) is 0 Å². The van der Waals surface area contributed by atoms with Gasteiger partial charge in [0.2, 0.25) is 0 Å². The van der Waals surface area contributed by atoms with E-state index < -0.39 is 23.8 Å². The summed E-state index contributed by atoms with van der Waals surface area (Å²) in [4.78, 5) is 24.9. The molecule has 2 saturated carbocycles. The maximum atomic E-state index is 12.5. The van der Waals surface area contributed by atoms with Crippen LogP contribution >= 0.6 is 0 Å². The van der Waals surface area contributed by atoms with Crippen molar-refractivity contribution in [3.05, 3.63) is 0 Å². The second-order valence-corrected chi connectivity index (χ2v) is 10.4. The molecule has 2 aliphatic rings. The Hall–Kier alpha value is 0.783. The van der Waals surface area contributed by atoms with Crippen molar-refractivity contribution in [3.8, 4) is 0 Å². The van der Waals surface area contributed by atoms with Crippen molar-refractivity contribution in [1.29, 1.82) is 0 Å². The summed E-state index contributed by atoms with van der Waals surface area (Å²) < 4.78 is 3.83. The molecule has 2 rings (SSSR count). The third kappa shape index (κ3) is 7.27. The molecule has 0 aromatic heterocycles. The standard InChI is InChI=1S/2C8H15NO.2BrH.Zr/c2*1-9-8(10)7-5-3-2-4-6-7;;;/h2*7H,2-6H2,1H3,(H,9,10);2*1H;/q;;;;+4/p-4. The molecule has 132 valence electrons. The van der Waals surface area contributed by atoms with Crippen molar-refractivity contribution in [2.75, 3.05) is 14.1 Å². The van der Waals surface area contributed by atoms with Crippen molar-refractivity contribution in [3.63, 3.8) is 0 Å². The van der Waals surface area contributed by atoms with Gasteiger partial charge in [-0.3, -0.25) is 0 Å². The summed E-state index contributed by atoms with van der Waals surface area (Å²) in [5.74, 6) is 1.04. The maximum Gasteiger partial charge on any atom is -1.00 e. The first-order chi connectivity index (χ1) is 10.1. The molecule has 0 aromatic carbocycles. The number of hydrogen-bond donors (Lipinski definition) is 0. The van der Waals surface area contributed by atoms with Gasteiger partial charge < -0.3 is 34.0 Å². The molecule has 0 unspecified atom stereocenters. The summed E-state index contributed by atoms with van der Waals surface area (Å²) in [6.45, 7) is 0. The Morgan fingerprint density at radius 2 is 1.00 bits per heavy atom. The first-order valence-corrected chi connectivity index (χ1v) is 10.6. The van der Waals surface area contributed by atoms with Crippen LogP contribution < -0.4 is 34.0 Å². The van der Waals surface area contributed by atoms with E-state index in [0.717, 1.165) is 25.7 Å². The Bertz CT molecular complexity index is 339. The number of hydrogen-bond acceptors (Lipinski definition) is 2. The molecule has 0 atom stereocenters. The van der Waals surface area contributed by atoms with Gasteiger partial charge in [-0.15, -0.1) is 0 Å². The smallest absolute Gasteiger partial charge is 1.00 e. The number of carbonyl (C=O) groups excluding carboxylic acids is 2. The quantitative estimate of drug-likeness (QED) is 0.388. The van der Waals surface area contributed by atoms with E-state index in [9.17, 15) is 9.59 Å². The molecule has 2 amide bonds. The molecule has 7 heteroatoms. The topological polar surface area (TPSA) is 40.6 Å². The fraction of sp³-hybridized carbons (Fsp3) is 0.875. The van der Waals surface area contributed by atoms with E-state index in [1.807, 2.05) is 19.8 Å². The minimum absolute atomic E-state index is 0. The third-order valence-corrected chi connectivity index (χ3v) is 7.43. The van der Waals surface area contributed by atoms with E-state index in [0.29, 0.717) is 11.8 Å². The summed E-state index contributed by atoms with van der Waals surface area (Å²) in [6.07, 6.45) is 11.5. The van der Waals surface area contributed by atoms with Crippen molar-refractivity contribution in [1.82, 2.24) is 5.69 Å². The Morgan fingerprint density at radius 3 is 1.30 bits per heavy atom. The van der Waals surface area contributed by atoms with Crippen LogP contribution in [0.5, 0.6) is 0 Å². The maximum absolute atomic E-state index is 12.5. The number of amides is 2. The largest absolute Gasteiger partial charge is 1.00 e. The molecule has 0 spiro atoms. The van der Waals surface area contributed by atoms with Gasteiger partial charge in [0.05, 0.1) is 0 Å². The molecule has 4 nitrogen and oxygen atoms in total. The van der Waals surface area contributed by atoms with Crippen LogP contribution in [0.1, 0.15) is 64.2 Å². The first kappa shape index (κ1) is 23.8. The van der Waals surface area contributed by atoms with Gasteiger partial charge in [-0.25, -0.2) is 0 Å². The summed E-state index contributed by atoms with van der Waals surface area (Å²) in [5, 5.41) is 0. The van der Waals surface area contributed by atoms with Gasteiger partial charge in [0, 0.05) is 0 Å². The zero-order valence-electron chi connectivity index (χ0n) is 14.2. The van der Waals surface area contributed by atoms with Crippen LogP contribution in [-0.4, -0.2) is 31.6 Å². The van der Waals surface area contributed by atoms with Gasteiger partial charge in [-0.2, -0.15) is 0 Å². The average molecular weight is 531 g/mol. The third-order valence-electron chi connectivity index (χ3n) is 4.87. The van der Waals surface area contributed by atoms with Crippen molar-refractivity contribution in [2.45, 2.75) is 64.2 Å². The molecular formula is C16H28Br2N2O2Zr. The molecule has 2 aliphatic carbocycles. The molecule has 23 heavy (non-hydrogen) atoms. The SMILES string of the molecule is C[N]([Zr+2][N](C)C(=O)C1CCCCC1)C(=O)C1CCCCC1.[Br-].[Br-]. The van der Waals surface area contributed by atoms with Crippen LogP contribution in [0.25, 0.3) is 0 Å². The van der Waals surface area contributed by atoms with Gasteiger partial charge >= 0.3 is 141 Å². The average Bonchev–Trinajstić information content (AvgIpc) is 2.55. The van der Waals surface area contributed by atoms with E-state index >= 15 is 0 Å². The van der Waals surface area contributed by atoms with Crippen LogP contribution in [0.3, 0.4) is 0 Å². The zero-order valence-corrected chi connectivity index (χ0v) is 19.8. The molecule has 0 N–H and O–H groups in total. The molecule has 0 heterocycles. The molecule has 0 aromatic rings. The minimum atomic E-state index is -1.27. The van der Waals surface area contributed by atoms with Crippen LogP contribution in [0, 0.1) is 11.8 Å². The predicted octanol–water partition coefficient (Wildman–Crippen LogP) is -3.02. The molecule has 0 aliphatic heterocycles. The Balaban J connectivity index is 0.00000242. The molecule has 0 saturated heterocycles. The van der Waals surface area contributed by atoms with Gasteiger partial charge in [0.15, 0.2) is 0 Å². The normalized spacial score (nSPS) is 18.9. The van der Waals surface area contributed by atoms with Crippen LogP contribution in [0.4, 0.5) is 0 Å². The van der Waals surface area contributed by atoms with Crippen LogP contribution in [0.2, 0.25) is 0 Å². The second kappa shape index (κ2) is 12.2. The van der Waals surface area contributed by atoms with Crippen molar-refractivity contribution >= 4 is 11.8 Å². The van der Waals surface area contributed by atoms with E-state index in [1.54, 1.807) is 0 Å². The second-order valence-electron chi connectivity index (χ2n) is 6.56. The number of nitrogens with zero attached hydrogens (tertiary/aromatic N) is 2. The fourth-order valence-corrected chi connectivity index (χ4v) is 6.06. The Kier molecular flexibility index (Phi) is 12.6. The summed E-state index contributed by atoms with van der Waals surface area (Å²) in [6, 6.07) is 0. The van der Waals surface area contributed by atoms with Crippen LogP contribution in [-0.2, 0) is 33.4 Å². The van der Waals surface area contributed by atoms with Crippen molar-refractivity contribution in [2.24, 2.45) is 11.8 Å². The zero-order chi connectivity index (χ0) is 15.2. The molecule has 2 fully saturated rings. The predicted molar refractivity (Wildman–Crippen MR) is 78.7 cm³/mol. The van der Waals surface area contributed by atoms with E-state index in [4.69, 9.17) is 0 Å². The van der Waals surface area contributed by atoms with Gasteiger partial charge in [0.25, 0.3) is 0 Å². The number of carbonyl (C=O) groups is 2. The summed E-state index contributed by atoms with van der Waals surface area (Å²) in [5.41, 5.74) is 0. The van der Waals surface area contributed by atoms with E-state index in [2.05, 4.69) is 0 Å². The summed E-state index contributed by atoms with van der Waals surface area (Å²) >= 11 is -1.27. The van der Waals surface area contributed by atoms with E-state index in [-0.39, 0.29) is 45.8 Å². The summed E-state index contributed by atoms with van der Waals surface area (Å²) in [7, 11) is 3.82. The molecule has 0 bridgehead atoms. The molecule has 0 radical (unpaired) electrons. The van der Waals surface area contributed by atoms with Crippen molar-refractivity contribution < 1.29 is 67.4 Å². The monoisotopic (exact) mass is 528 g/mol. The van der Waals surface area contributed by atoms with E-state index in [1.165, 1.54) is 38.5 Å².